The molecule has 1 saturated carbocycles. The van der Waals surface area contributed by atoms with Crippen molar-refractivity contribution in [1.82, 2.24) is 10.2 Å². The lowest BCUT2D eigenvalue weighted by molar-refractivity contribution is -0.175. The zero-order valence-electron chi connectivity index (χ0n) is 13.4. The predicted molar refractivity (Wildman–Crippen MR) is 81.8 cm³/mol. The summed E-state index contributed by atoms with van der Waals surface area (Å²) in [6.07, 6.45) is 4.96. The van der Waals surface area contributed by atoms with Gasteiger partial charge >= 0.3 is 0 Å². The molecule has 3 rings (SSSR count). The lowest BCUT2D eigenvalue weighted by atomic mass is 9.48. The second kappa shape index (κ2) is 5.52. The smallest absolute Gasteiger partial charge is 0.241 e. The number of hydrogen-bond donors (Lipinski definition) is 2. The van der Waals surface area contributed by atoms with E-state index in [1.165, 1.54) is 19.3 Å². The number of likely N-dealkylation sites (tertiary alicyclic amines) is 1. The zero-order valence-corrected chi connectivity index (χ0v) is 13.4. The van der Waals surface area contributed by atoms with Crippen molar-refractivity contribution in [3.63, 3.8) is 0 Å². The van der Waals surface area contributed by atoms with Crippen LogP contribution in [0.2, 0.25) is 0 Å². The van der Waals surface area contributed by atoms with Crippen LogP contribution in [0.4, 0.5) is 0 Å². The van der Waals surface area contributed by atoms with Crippen molar-refractivity contribution in [1.29, 1.82) is 0 Å². The third-order valence-electron chi connectivity index (χ3n) is 5.99. The van der Waals surface area contributed by atoms with Gasteiger partial charge in [0.25, 0.3) is 0 Å². The van der Waals surface area contributed by atoms with Crippen molar-refractivity contribution in [2.24, 2.45) is 17.1 Å². The van der Waals surface area contributed by atoms with E-state index in [0.29, 0.717) is 6.54 Å². The summed E-state index contributed by atoms with van der Waals surface area (Å²) < 4.78 is 5.74. The van der Waals surface area contributed by atoms with Crippen LogP contribution in [0.3, 0.4) is 0 Å². The lowest BCUT2D eigenvalue weighted by Gasteiger charge is -2.60. The standard InChI is InChI=1S/C16H29N3O2/c1-15(2)13-12(6-11-21-13)16(15,17)14(20)18-7-10-19-8-4-3-5-9-19/h12-13H,3-11,17H2,1-2H3,(H,18,20). The molecule has 0 bridgehead atoms. The number of nitrogens with zero attached hydrogens (tertiary/aromatic N) is 1. The van der Waals surface area contributed by atoms with Crippen LogP contribution < -0.4 is 11.1 Å². The molecule has 120 valence electrons. The van der Waals surface area contributed by atoms with Gasteiger partial charge in [0, 0.05) is 31.0 Å². The van der Waals surface area contributed by atoms with Gasteiger partial charge in [0.15, 0.2) is 0 Å². The van der Waals surface area contributed by atoms with Gasteiger partial charge in [-0.3, -0.25) is 4.79 Å². The molecule has 1 aliphatic carbocycles. The fraction of sp³-hybridized carbons (Fsp3) is 0.938. The monoisotopic (exact) mass is 295 g/mol. The fourth-order valence-corrected chi connectivity index (χ4v) is 4.50. The minimum Gasteiger partial charge on any atom is -0.377 e. The molecule has 3 atom stereocenters. The molecular weight excluding hydrogens is 266 g/mol. The zero-order chi connectivity index (χ0) is 15.1. The normalized spacial score (nSPS) is 38.6. The maximum atomic E-state index is 12.6. The van der Waals surface area contributed by atoms with Crippen molar-refractivity contribution in [2.45, 2.75) is 51.2 Å². The molecule has 2 heterocycles. The van der Waals surface area contributed by atoms with Crippen LogP contribution in [0, 0.1) is 11.3 Å². The Bertz CT molecular complexity index is 406. The van der Waals surface area contributed by atoms with Crippen molar-refractivity contribution in [3.05, 3.63) is 0 Å². The van der Waals surface area contributed by atoms with Crippen molar-refractivity contribution in [2.75, 3.05) is 32.8 Å². The number of nitrogens with two attached hydrogens (primary N) is 1. The summed E-state index contributed by atoms with van der Waals surface area (Å²) in [6, 6.07) is 0. The Morgan fingerprint density at radius 3 is 2.76 bits per heavy atom. The molecule has 1 amide bonds. The third kappa shape index (κ3) is 2.30. The molecule has 21 heavy (non-hydrogen) atoms. The average molecular weight is 295 g/mol. The molecule has 5 nitrogen and oxygen atoms in total. The Morgan fingerprint density at radius 1 is 1.33 bits per heavy atom. The Kier molecular flexibility index (Phi) is 4.01. The van der Waals surface area contributed by atoms with Crippen LogP contribution in [0.25, 0.3) is 0 Å². The summed E-state index contributed by atoms with van der Waals surface area (Å²) in [5, 5.41) is 3.08. The minimum atomic E-state index is -0.768. The minimum absolute atomic E-state index is 0.0104. The molecule has 3 aliphatic rings. The first kappa shape index (κ1) is 15.3. The fourth-order valence-electron chi connectivity index (χ4n) is 4.50. The second-order valence-electron chi connectivity index (χ2n) is 7.44. The quantitative estimate of drug-likeness (QED) is 0.802. The highest BCUT2D eigenvalue weighted by atomic mass is 16.5. The Labute approximate surface area is 127 Å². The lowest BCUT2D eigenvalue weighted by Crippen LogP contribution is -2.80. The first-order valence-corrected chi connectivity index (χ1v) is 8.39. The van der Waals surface area contributed by atoms with E-state index in [4.69, 9.17) is 10.5 Å². The van der Waals surface area contributed by atoms with Crippen molar-refractivity contribution >= 4 is 5.91 Å². The summed E-state index contributed by atoms with van der Waals surface area (Å²) in [5.74, 6) is 0.193. The first-order chi connectivity index (χ1) is 9.98. The van der Waals surface area contributed by atoms with E-state index in [0.717, 1.165) is 32.7 Å². The largest absolute Gasteiger partial charge is 0.377 e. The molecule has 0 aromatic heterocycles. The SMILES string of the molecule is CC1(C)C2OCCC2C1(N)C(=O)NCCN1CCCCC1. The molecule has 5 heteroatoms. The van der Waals surface area contributed by atoms with Gasteiger partial charge in [0.2, 0.25) is 5.91 Å². The third-order valence-corrected chi connectivity index (χ3v) is 5.99. The number of hydrogen-bond acceptors (Lipinski definition) is 4. The number of amides is 1. The summed E-state index contributed by atoms with van der Waals surface area (Å²) in [4.78, 5) is 15.1. The molecule has 3 fully saturated rings. The molecular formula is C16H29N3O2. The van der Waals surface area contributed by atoms with Crippen LogP contribution in [0.15, 0.2) is 0 Å². The van der Waals surface area contributed by atoms with E-state index in [-0.39, 0.29) is 23.3 Å². The van der Waals surface area contributed by atoms with Gasteiger partial charge in [-0.05, 0) is 32.4 Å². The number of piperidine rings is 1. The highest BCUT2D eigenvalue weighted by molar-refractivity contribution is 5.89. The number of carbonyl (C=O) groups is 1. The molecule has 0 radical (unpaired) electrons. The molecule has 0 aromatic carbocycles. The molecule has 0 spiro atoms. The highest BCUT2D eigenvalue weighted by Crippen LogP contribution is 2.58. The van der Waals surface area contributed by atoms with E-state index in [9.17, 15) is 4.79 Å². The predicted octanol–water partition coefficient (Wildman–Crippen LogP) is 0.731. The van der Waals surface area contributed by atoms with E-state index < -0.39 is 5.54 Å². The van der Waals surface area contributed by atoms with Crippen LogP contribution in [-0.2, 0) is 9.53 Å². The Balaban J connectivity index is 1.52. The van der Waals surface area contributed by atoms with E-state index >= 15 is 0 Å². The first-order valence-electron chi connectivity index (χ1n) is 8.39. The number of fused-ring (bicyclic) bond motifs is 1. The second-order valence-corrected chi connectivity index (χ2v) is 7.44. The maximum Gasteiger partial charge on any atom is 0.241 e. The molecule has 3 N–H and O–H groups in total. The van der Waals surface area contributed by atoms with Gasteiger partial charge < -0.3 is 20.7 Å². The topological polar surface area (TPSA) is 67.6 Å². The summed E-state index contributed by atoms with van der Waals surface area (Å²) in [6.45, 7) is 8.81. The highest BCUT2D eigenvalue weighted by Gasteiger charge is 2.71. The molecule has 3 unspecified atom stereocenters. The van der Waals surface area contributed by atoms with Crippen LogP contribution in [-0.4, -0.2) is 55.2 Å². The summed E-state index contributed by atoms with van der Waals surface area (Å²) in [5.41, 5.74) is 5.48. The van der Waals surface area contributed by atoms with Gasteiger partial charge in [-0.25, -0.2) is 0 Å². The number of rotatable bonds is 4. The van der Waals surface area contributed by atoms with Gasteiger partial charge in [-0.1, -0.05) is 20.3 Å². The summed E-state index contributed by atoms with van der Waals surface area (Å²) in [7, 11) is 0. The van der Waals surface area contributed by atoms with Crippen LogP contribution in [0.5, 0.6) is 0 Å². The van der Waals surface area contributed by atoms with Gasteiger partial charge in [-0.15, -0.1) is 0 Å². The molecule has 2 saturated heterocycles. The van der Waals surface area contributed by atoms with E-state index in [1.54, 1.807) is 0 Å². The average Bonchev–Trinajstić information content (AvgIpc) is 2.95. The Hall–Kier alpha value is -0.650. The molecule has 0 aromatic rings. The number of carbonyl (C=O) groups excluding carboxylic acids is 1. The van der Waals surface area contributed by atoms with Crippen LogP contribution >= 0.6 is 0 Å². The number of nitrogens with one attached hydrogen (secondary N) is 1. The van der Waals surface area contributed by atoms with Gasteiger partial charge in [0.05, 0.1) is 6.10 Å². The van der Waals surface area contributed by atoms with E-state index in [1.807, 2.05) is 0 Å². The van der Waals surface area contributed by atoms with Crippen molar-refractivity contribution in [3.8, 4) is 0 Å². The summed E-state index contributed by atoms with van der Waals surface area (Å²) >= 11 is 0. The van der Waals surface area contributed by atoms with Crippen molar-refractivity contribution < 1.29 is 9.53 Å². The van der Waals surface area contributed by atoms with Gasteiger partial charge in [0.1, 0.15) is 5.54 Å². The van der Waals surface area contributed by atoms with E-state index in [2.05, 4.69) is 24.1 Å². The maximum absolute atomic E-state index is 12.6. The number of ether oxygens (including phenoxy) is 1. The Morgan fingerprint density at radius 2 is 2.05 bits per heavy atom. The van der Waals surface area contributed by atoms with Gasteiger partial charge in [-0.2, -0.15) is 0 Å². The molecule has 2 aliphatic heterocycles. The van der Waals surface area contributed by atoms with Crippen LogP contribution in [0.1, 0.15) is 39.5 Å².